The Bertz CT molecular complexity index is 745. The Kier molecular flexibility index (Phi) is 4.18. The van der Waals surface area contributed by atoms with Gasteiger partial charge in [-0.05, 0) is 12.1 Å². The summed E-state index contributed by atoms with van der Waals surface area (Å²) in [5.74, 6) is 1.63. The van der Waals surface area contributed by atoms with Gasteiger partial charge in [0.2, 0.25) is 17.7 Å². The van der Waals surface area contributed by atoms with Gasteiger partial charge in [-0.1, -0.05) is 35.5 Å². The molecule has 21 heavy (non-hydrogen) atoms. The lowest BCUT2D eigenvalue weighted by molar-refractivity contribution is 0.414. The number of halogens is 1. The van der Waals surface area contributed by atoms with E-state index in [1.54, 1.807) is 6.07 Å². The van der Waals surface area contributed by atoms with E-state index >= 15 is 0 Å². The first-order chi connectivity index (χ1) is 10.3. The van der Waals surface area contributed by atoms with E-state index in [1.807, 2.05) is 18.2 Å². The van der Waals surface area contributed by atoms with Crippen LogP contribution in [0, 0.1) is 0 Å². The highest BCUT2D eigenvalue weighted by atomic mass is 35.5. The van der Waals surface area contributed by atoms with Crippen LogP contribution in [0.15, 0.2) is 38.3 Å². The Balaban J connectivity index is 1.69. The molecule has 0 bridgehead atoms. The van der Waals surface area contributed by atoms with E-state index in [4.69, 9.17) is 26.2 Å². The van der Waals surface area contributed by atoms with Crippen molar-refractivity contribution in [3.63, 3.8) is 0 Å². The van der Waals surface area contributed by atoms with Crippen LogP contribution >= 0.6 is 23.4 Å². The van der Waals surface area contributed by atoms with Gasteiger partial charge < -0.3 is 14.6 Å². The SMILES string of the molecule is NCc1nnc(SCc2nnc(-c3ccccc3Cl)o2)o1. The van der Waals surface area contributed by atoms with E-state index in [0.29, 0.717) is 39.2 Å². The van der Waals surface area contributed by atoms with E-state index in [2.05, 4.69) is 20.4 Å². The molecule has 0 unspecified atom stereocenters. The van der Waals surface area contributed by atoms with Crippen molar-refractivity contribution in [1.29, 1.82) is 0 Å². The standard InChI is InChI=1S/C12H10ClN5O2S/c13-8-4-2-1-3-7(8)11-17-16-10(19-11)6-21-12-18-15-9(5-14)20-12/h1-4H,5-6,14H2. The van der Waals surface area contributed by atoms with Crippen molar-refractivity contribution in [2.45, 2.75) is 17.5 Å². The molecule has 9 heteroatoms. The van der Waals surface area contributed by atoms with Crippen LogP contribution < -0.4 is 5.73 Å². The van der Waals surface area contributed by atoms with E-state index in [0.717, 1.165) is 0 Å². The number of benzene rings is 1. The minimum absolute atomic E-state index is 0.213. The second kappa shape index (κ2) is 6.25. The summed E-state index contributed by atoms with van der Waals surface area (Å²) in [6.45, 7) is 0.213. The molecular formula is C12H10ClN5O2S. The molecule has 0 amide bonds. The Morgan fingerprint density at radius 2 is 1.86 bits per heavy atom. The second-order valence-electron chi connectivity index (χ2n) is 3.94. The number of hydrogen-bond donors (Lipinski definition) is 1. The van der Waals surface area contributed by atoms with Gasteiger partial charge in [0.05, 0.1) is 22.9 Å². The zero-order chi connectivity index (χ0) is 14.7. The Labute approximate surface area is 128 Å². The normalized spacial score (nSPS) is 11.0. The minimum Gasteiger partial charge on any atom is -0.420 e. The predicted molar refractivity (Wildman–Crippen MR) is 76.5 cm³/mol. The Morgan fingerprint density at radius 1 is 1.05 bits per heavy atom. The van der Waals surface area contributed by atoms with Crippen molar-refractivity contribution >= 4 is 23.4 Å². The molecule has 0 aliphatic heterocycles. The zero-order valence-electron chi connectivity index (χ0n) is 10.7. The van der Waals surface area contributed by atoms with Crippen LogP contribution in [0.5, 0.6) is 0 Å². The number of thioether (sulfide) groups is 1. The third-order valence-electron chi connectivity index (χ3n) is 2.51. The van der Waals surface area contributed by atoms with Crippen LogP contribution in [0.2, 0.25) is 5.02 Å². The van der Waals surface area contributed by atoms with Crippen molar-refractivity contribution in [3.05, 3.63) is 41.1 Å². The van der Waals surface area contributed by atoms with Crippen LogP contribution in [0.1, 0.15) is 11.8 Å². The summed E-state index contributed by atoms with van der Waals surface area (Å²) >= 11 is 7.38. The molecule has 7 nitrogen and oxygen atoms in total. The first-order valence-electron chi connectivity index (χ1n) is 5.99. The van der Waals surface area contributed by atoms with Crippen molar-refractivity contribution in [2.75, 3.05) is 0 Å². The lowest BCUT2D eigenvalue weighted by Gasteiger charge is -1.96. The van der Waals surface area contributed by atoms with Crippen LogP contribution in [0.3, 0.4) is 0 Å². The summed E-state index contributed by atoms with van der Waals surface area (Å²) in [5, 5.41) is 16.5. The average Bonchev–Trinajstić information content (AvgIpc) is 3.14. The topological polar surface area (TPSA) is 104 Å². The van der Waals surface area contributed by atoms with Crippen LogP contribution in [0.25, 0.3) is 11.5 Å². The molecule has 0 atom stereocenters. The molecule has 3 rings (SSSR count). The molecule has 2 N–H and O–H groups in total. The van der Waals surface area contributed by atoms with Gasteiger partial charge in [0.1, 0.15) is 0 Å². The smallest absolute Gasteiger partial charge is 0.277 e. The lowest BCUT2D eigenvalue weighted by Crippen LogP contribution is -1.95. The summed E-state index contributed by atoms with van der Waals surface area (Å²) < 4.78 is 10.8. The Hall–Kier alpha value is -1.90. The van der Waals surface area contributed by atoms with Crippen molar-refractivity contribution in [3.8, 4) is 11.5 Å². The summed E-state index contributed by atoms with van der Waals surface area (Å²) in [5.41, 5.74) is 6.09. The summed E-state index contributed by atoms with van der Waals surface area (Å²) in [4.78, 5) is 0. The summed E-state index contributed by atoms with van der Waals surface area (Å²) in [7, 11) is 0. The Morgan fingerprint density at radius 3 is 2.62 bits per heavy atom. The molecule has 0 fully saturated rings. The number of aromatic nitrogens is 4. The van der Waals surface area contributed by atoms with Gasteiger partial charge in [0.15, 0.2) is 0 Å². The average molecular weight is 324 g/mol. The van der Waals surface area contributed by atoms with E-state index in [9.17, 15) is 0 Å². The maximum absolute atomic E-state index is 6.08. The van der Waals surface area contributed by atoms with Gasteiger partial charge >= 0.3 is 0 Å². The number of nitrogens with two attached hydrogens (primary N) is 1. The number of hydrogen-bond acceptors (Lipinski definition) is 8. The number of rotatable bonds is 5. The lowest BCUT2D eigenvalue weighted by atomic mass is 10.2. The summed E-state index contributed by atoms with van der Waals surface area (Å²) in [6, 6.07) is 7.27. The molecule has 3 aromatic rings. The molecule has 108 valence electrons. The van der Waals surface area contributed by atoms with E-state index < -0.39 is 0 Å². The molecular weight excluding hydrogens is 314 g/mol. The molecule has 2 aromatic heterocycles. The maximum atomic E-state index is 6.08. The molecule has 2 heterocycles. The predicted octanol–water partition coefficient (Wildman–Crippen LogP) is 2.52. The summed E-state index contributed by atoms with van der Waals surface area (Å²) in [6.07, 6.45) is 0. The van der Waals surface area contributed by atoms with Crippen molar-refractivity contribution < 1.29 is 8.83 Å². The molecule has 0 aliphatic rings. The third-order valence-corrected chi connectivity index (χ3v) is 3.65. The first kappa shape index (κ1) is 14.1. The highest BCUT2D eigenvalue weighted by Gasteiger charge is 2.13. The van der Waals surface area contributed by atoms with Gasteiger partial charge in [-0.2, -0.15) is 0 Å². The van der Waals surface area contributed by atoms with Gasteiger partial charge in [0.25, 0.3) is 5.22 Å². The van der Waals surface area contributed by atoms with Gasteiger partial charge in [-0.3, -0.25) is 0 Å². The molecule has 0 saturated carbocycles. The maximum Gasteiger partial charge on any atom is 0.277 e. The molecule has 0 saturated heterocycles. The molecule has 0 radical (unpaired) electrons. The molecule has 0 spiro atoms. The number of nitrogens with zero attached hydrogens (tertiary/aromatic N) is 4. The highest BCUT2D eigenvalue weighted by Crippen LogP contribution is 2.28. The molecule has 0 aliphatic carbocycles. The van der Waals surface area contributed by atoms with Gasteiger partial charge in [0, 0.05) is 0 Å². The highest BCUT2D eigenvalue weighted by molar-refractivity contribution is 7.98. The first-order valence-corrected chi connectivity index (χ1v) is 7.35. The van der Waals surface area contributed by atoms with Crippen LogP contribution in [-0.2, 0) is 12.3 Å². The fourth-order valence-electron chi connectivity index (χ4n) is 1.56. The van der Waals surface area contributed by atoms with Crippen LogP contribution in [-0.4, -0.2) is 20.4 Å². The minimum atomic E-state index is 0.213. The fraction of sp³-hybridized carbons (Fsp3) is 0.167. The third kappa shape index (κ3) is 3.23. The second-order valence-corrected chi connectivity index (χ2v) is 5.27. The van der Waals surface area contributed by atoms with E-state index in [-0.39, 0.29) is 6.54 Å². The zero-order valence-corrected chi connectivity index (χ0v) is 12.3. The van der Waals surface area contributed by atoms with Crippen molar-refractivity contribution in [1.82, 2.24) is 20.4 Å². The largest absolute Gasteiger partial charge is 0.420 e. The molecule has 1 aromatic carbocycles. The van der Waals surface area contributed by atoms with Gasteiger partial charge in [-0.15, -0.1) is 20.4 Å². The van der Waals surface area contributed by atoms with Crippen molar-refractivity contribution in [2.24, 2.45) is 5.73 Å². The van der Waals surface area contributed by atoms with Gasteiger partial charge in [-0.25, -0.2) is 0 Å². The van der Waals surface area contributed by atoms with Crippen LogP contribution in [0.4, 0.5) is 0 Å². The monoisotopic (exact) mass is 323 g/mol. The van der Waals surface area contributed by atoms with E-state index in [1.165, 1.54) is 11.8 Å². The quantitative estimate of drug-likeness (QED) is 0.714. The fourth-order valence-corrected chi connectivity index (χ4v) is 2.39.